The van der Waals surface area contributed by atoms with Crippen LogP contribution in [-0.4, -0.2) is 62.2 Å². The highest BCUT2D eigenvalue weighted by molar-refractivity contribution is 5.79. The normalized spacial score (nSPS) is 16.3. The Balaban J connectivity index is 1.92. The van der Waals surface area contributed by atoms with Crippen LogP contribution < -0.4 is 15.5 Å². The van der Waals surface area contributed by atoms with Gasteiger partial charge in [0.05, 0.1) is 6.54 Å². The van der Waals surface area contributed by atoms with Crippen molar-refractivity contribution in [3.8, 4) is 0 Å². The van der Waals surface area contributed by atoms with Crippen molar-refractivity contribution >= 4 is 11.8 Å². The standard InChI is InChI=1S/C17H28N6/c1-4-8-19-17(18-5-2)21-14-15-6-7-16(20-13-15)23-11-9-22(3)10-12-23/h4,6-7,13H,1,5,8-12,14H2,2-3H3,(H2,18,19,21). The fourth-order valence-electron chi connectivity index (χ4n) is 2.41. The van der Waals surface area contributed by atoms with Gasteiger partial charge in [-0.1, -0.05) is 12.1 Å². The van der Waals surface area contributed by atoms with Gasteiger partial charge in [-0.25, -0.2) is 9.98 Å². The van der Waals surface area contributed by atoms with Crippen molar-refractivity contribution in [3.05, 3.63) is 36.5 Å². The number of nitrogens with zero attached hydrogens (tertiary/aromatic N) is 4. The van der Waals surface area contributed by atoms with E-state index in [2.05, 4.69) is 63.1 Å². The third-order valence-electron chi connectivity index (χ3n) is 3.81. The number of nitrogens with one attached hydrogen (secondary N) is 2. The van der Waals surface area contributed by atoms with Gasteiger partial charge in [0.2, 0.25) is 0 Å². The molecule has 1 aliphatic rings. The van der Waals surface area contributed by atoms with Gasteiger partial charge in [-0.05, 0) is 25.6 Å². The summed E-state index contributed by atoms with van der Waals surface area (Å²) < 4.78 is 0. The minimum atomic E-state index is 0.614. The summed E-state index contributed by atoms with van der Waals surface area (Å²) in [6.45, 7) is 12.2. The van der Waals surface area contributed by atoms with Crippen LogP contribution in [-0.2, 0) is 6.54 Å². The number of piperazine rings is 1. The molecule has 0 aromatic carbocycles. The number of hydrogen-bond donors (Lipinski definition) is 2. The Morgan fingerprint density at radius 1 is 1.30 bits per heavy atom. The summed E-state index contributed by atoms with van der Waals surface area (Å²) in [6, 6.07) is 4.21. The van der Waals surface area contributed by atoms with Gasteiger partial charge in [0, 0.05) is 45.5 Å². The predicted octanol–water partition coefficient (Wildman–Crippen LogP) is 1.07. The third kappa shape index (κ3) is 5.56. The molecule has 23 heavy (non-hydrogen) atoms. The summed E-state index contributed by atoms with van der Waals surface area (Å²) in [5.74, 6) is 1.86. The summed E-state index contributed by atoms with van der Waals surface area (Å²) in [7, 11) is 2.16. The molecule has 0 atom stereocenters. The third-order valence-corrected chi connectivity index (χ3v) is 3.81. The zero-order valence-corrected chi connectivity index (χ0v) is 14.3. The second kappa shape index (κ2) is 9.15. The van der Waals surface area contributed by atoms with Gasteiger partial charge in [-0.3, -0.25) is 0 Å². The predicted molar refractivity (Wildman–Crippen MR) is 97.0 cm³/mol. The van der Waals surface area contributed by atoms with Crippen LogP contribution in [0.2, 0.25) is 0 Å². The first-order valence-corrected chi connectivity index (χ1v) is 8.24. The lowest BCUT2D eigenvalue weighted by atomic mass is 10.2. The van der Waals surface area contributed by atoms with E-state index < -0.39 is 0 Å². The van der Waals surface area contributed by atoms with Crippen molar-refractivity contribution in [1.82, 2.24) is 20.5 Å². The first-order valence-electron chi connectivity index (χ1n) is 8.24. The van der Waals surface area contributed by atoms with Crippen LogP contribution in [0.1, 0.15) is 12.5 Å². The van der Waals surface area contributed by atoms with Crippen molar-refractivity contribution in [2.45, 2.75) is 13.5 Å². The molecule has 0 unspecified atom stereocenters. The summed E-state index contributed by atoms with van der Waals surface area (Å²) >= 11 is 0. The molecule has 0 aliphatic carbocycles. The summed E-state index contributed by atoms with van der Waals surface area (Å²) in [5, 5.41) is 6.41. The lowest BCUT2D eigenvalue weighted by Gasteiger charge is -2.33. The van der Waals surface area contributed by atoms with Gasteiger partial charge in [0.1, 0.15) is 5.82 Å². The zero-order valence-electron chi connectivity index (χ0n) is 14.3. The molecule has 2 heterocycles. The van der Waals surface area contributed by atoms with E-state index >= 15 is 0 Å². The summed E-state index contributed by atoms with van der Waals surface area (Å²) in [5.41, 5.74) is 1.11. The molecule has 0 spiro atoms. The van der Waals surface area contributed by atoms with Gasteiger partial charge in [-0.15, -0.1) is 6.58 Å². The molecule has 2 N–H and O–H groups in total. The fraction of sp³-hybridized carbons (Fsp3) is 0.529. The van der Waals surface area contributed by atoms with Gasteiger partial charge in [0.15, 0.2) is 5.96 Å². The molecule has 2 rings (SSSR count). The summed E-state index contributed by atoms with van der Waals surface area (Å²) in [4.78, 5) is 13.8. The number of anilines is 1. The maximum absolute atomic E-state index is 4.59. The summed E-state index contributed by atoms with van der Waals surface area (Å²) in [6.07, 6.45) is 3.74. The van der Waals surface area contributed by atoms with Gasteiger partial charge in [0.25, 0.3) is 0 Å². The lowest BCUT2D eigenvalue weighted by molar-refractivity contribution is 0.312. The average molecular weight is 316 g/mol. The first-order chi connectivity index (χ1) is 11.2. The lowest BCUT2D eigenvalue weighted by Crippen LogP contribution is -2.44. The van der Waals surface area contributed by atoms with E-state index in [-0.39, 0.29) is 0 Å². The first kappa shape index (κ1) is 17.3. The maximum atomic E-state index is 4.59. The Labute approximate surface area is 139 Å². The smallest absolute Gasteiger partial charge is 0.191 e. The molecule has 0 radical (unpaired) electrons. The topological polar surface area (TPSA) is 55.8 Å². The fourth-order valence-corrected chi connectivity index (χ4v) is 2.41. The van der Waals surface area contributed by atoms with Crippen LogP contribution in [0.4, 0.5) is 5.82 Å². The Morgan fingerprint density at radius 3 is 2.70 bits per heavy atom. The van der Waals surface area contributed by atoms with E-state index in [1.165, 1.54) is 0 Å². The van der Waals surface area contributed by atoms with E-state index in [4.69, 9.17) is 0 Å². The molecule has 1 aromatic heterocycles. The second-order valence-electron chi connectivity index (χ2n) is 5.68. The highest BCUT2D eigenvalue weighted by Gasteiger charge is 2.14. The van der Waals surface area contributed by atoms with Crippen molar-refractivity contribution < 1.29 is 0 Å². The van der Waals surface area contributed by atoms with Gasteiger partial charge >= 0.3 is 0 Å². The Hall–Kier alpha value is -2.08. The number of aliphatic imine (C=N–C) groups is 1. The molecule has 1 fully saturated rings. The maximum Gasteiger partial charge on any atom is 0.191 e. The Morgan fingerprint density at radius 2 is 2.09 bits per heavy atom. The molecule has 1 aromatic rings. The number of guanidine groups is 1. The van der Waals surface area contributed by atoms with Crippen molar-refractivity contribution in [3.63, 3.8) is 0 Å². The van der Waals surface area contributed by atoms with E-state index in [0.717, 1.165) is 50.1 Å². The van der Waals surface area contributed by atoms with E-state index in [1.54, 1.807) is 0 Å². The SMILES string of the molecule is C=CCNC(=NCc1ccc(N2CCN(C)CC2)nc1)NCC. The number of pyridine rings is 1. The quantitative estimate of drug-likeness (QED) is 0.467. The minimum absolute atomic E-state index is 0.614. The van der Waals surface area contributed by atoms with Gasteiger partial charge in [-0.2, -0.15) is 0 Å². The molecule has 0 bridgehead atoms. The minimum Gasteiger partial charge on any atom is -0.357 e. The second-order valence-corrected chi connectivity index (χ2v) is 5.68. The van der Waals surface area contributed by atoms with E-state index in [9.17, 15) is 0 Å². The molecular formula is C17H28N6. The Kier molecular flexibility index (Phi) is 6.87. The van der Waals surface area contributed by atoms with Crippen molar-refractivity contribution in [2.75, 3.05) is 51.2 Å². The van der Waals surface area contributed by atoms with Crippen LogP contribution >= 0.6 is 0 Å². The van der Waals surface area contributed by atoms with Crippen molar-refractivity contribution in [1.29, 1.82) is 0 Å². The molecule has 1 saturated heterocycles. The number of likely N-dealkylation sites (N-methyl/N-ethyl adjacent to an activating group) is 1. The number of hydrogen-bond acceptors (Lipinski definition) is 4. The number of rotatable bonds is 6. The van der Waals surface area contributed by atoms with Crippen LogP contribution in [0.5, 0.6) is 0 Å². The molecule has 1 aliphatic heterocycles. The van der Waals surface area contributed by atoms with Gasteiger partial charge < -0.3 is 20.4 Å². The van der Waals surface area contributed by atoms with Crippen LogP contribution in [0.15, 0.2) is 36.0 Å². The van der Waals surface area contributed by atoms with Crippen LogP contribution in [0.25, 0.3) is 0 Å². The molecule has 6 nitrogen and oxygen atoms in total. The molecule has 6 heteroatoms. The van der Waals surface area contributed by atoms with E-state index in [1.807, 2.05) is 12.3 Å². The monoisotopic (exact) mass is 316 g/mol. The molecule has 0 saturated carbocycles. The van der Waals surface area contributed by atoms with Crippen LogP contribution in [0.3, 0.4) is 0 Å². The van der Waals surface area contributed by atoms with Crippen LogP contribution in [0, 0.1) is 0 Å². The number of aromatic nitrogens is 1. The zero-order chi connectivity index (χ0) is 16.5. The molecular weight excluding hydrogens is 288 g/mol. The van der Waals surface area contributed by atoms with Crippen molar-refractivity contribution in [2.24, 2.45) is 4.99 Å². The average Bonchev–Trinajstić information content (AvgIpc) is 2.58. The molecule has 126 valence electrons. The highest BCUT2D eigenvalue weighted by Crippen LogP contribution is 2.13. The van der Waals surface area contributed by atoms with E-state index in [0.29, 0.717) is 13.1 Å². The molecule has 0 amide bonds. The largest absolute Gasteiger partial charge is 0.357 e. The highest BCUT2D eigenvalue weighted by atomic mass is 15.3. The Bertz CT molecular complexity index is 502.